The number of carbonyl (C=O) groups is 1. The molecule has 0 radical (unpaired) electrons. The predicted octanol–water partition coefficient (Wildman–Crippen LogP) is 7.28. The zero-order valence-corrected chi connectivity index (χ0v) is 18.9. The molecule has 2 aromatic heterocycles. The van der Waals surface area contributed by atoms with Crippen LogP contribution in [0.5, 0.6) is 0 Å². The van der Waals surface area contributed by atoms with Gasteiger partial charge in [0.05, 0.1) is 6.26 Å². The van der Waals surface area contributed by atoms with E-state index in [-0.39, 0.29) is 23.5 Å². The maximum atomic E-state index is 13.7. The first kappa shape index (κ1) is 21.5. The molecule has 0 unspecified atom stereocenters. The zero-order valence-electron chi connectivity index (χ0n) is 18.1. The number of nitrogens with zero attached hydrogens (tertiary/aromatic N) is 2. The second-order valence-corrected chi connectivity index (χ2v) is 8.77. The van der Waals surface area contributed by atoms with E-state index >= 15 is 0 Å². The second-order valence-electron chi connectivity index (χ2n) is 8.34. The highest BCUT2D eigenvalue weighted by Gasteiger charge is 2.29. The van der Waals surface area contributed by atoms with E-state index in [2.05, 4.69) is 9.88 Å². The molecule has 1 fully saturated rings. The summed E-state index contributed by atoms with van der Waals surface area (Å²) in [6.45, 7) is 2.01. The maximum absolute atomic E-state index is 13.7. The molecule has 7 heteroatoms. The summed E-state index contributed by atoms with van der Waals surface area (Å²) in [7, 11) is 0. The molecule has 0 bridgehead atoms. The Hall–Kier alpha value is -3.38. The van der Waals surface area contributed by atoms with Crippen molar-refractivity contribution in [2.45, 2.75) is 38.6 Å². The number of aryl methyl sites for hydroxylation is 1. The fraction of sp³-hybridized carbons (Fsp3) is 0.231. The van der Waals surface area contributed by atoms with E-state index in [0.29, 0.717) is 22.1 Å². The Morgan fingerprint density at radius 1 is 1.15 bits per heavy atom. The number of aromatic nitrogens is 2. The highest BCUT2D eigenvalue weighted by Crippen LogP contribution is 2.42. The summed E-state index contributed by atoms with van der Waals surface area (Å²) in [6.07, 6.45) is 5.64. The number of rotatable bonds is 5. The van der Waals surface area contributed by atoms with Crippen LogP contribution >= 0.6 is 11.6 Å². The summed E-state index contributed by atoms with van der Waals surface area (Å²) in [6, 6.07) is 15.3. The number of carbonyl (C=O) groups excluding carboxylic acids is 1. The largest absolute Gasteiger partial charge is 0.459 e. The Labute approximate surface area is 196 Å². The standard InChI is InChI=1S/C26H23ClFN3O2/c1-16-8-11-18(27)15-21(16)24-29-23(17-9-12-19(28)13-10-17)25(31(24)20-5-2-3-6-20)30-26(32)22-7-4-14-33-22/h4,7-15,20H,2-3,5-6H2,1H3,(H,30,32). The van der Waals surface area contributed by atoms with Crippen LogP contribution in [0, 0.1) is 12.7 Å². The van der Waals surface area contributed by atoms with Crippen molar-refractivity contribution in [2.24, 2.45) is 0 Å². The molecule has 5 nitrogen and oxygen atoms in total. The summed E-state index contributed by atoms with van der Waals surface area (Å²) in [5.74, 6) is 0.817. The van der Waals surface area contributed by atoms with Crippen LogP contribution in [-0.4, -0.2) is 15.5 Å². The number of nitrogens with one attached hydrogen (secondary N) is 1. The Bertz CT molecular complexity index is 1290. The molecule has 0 saturated heterocycles. The van der Waals surface area contributed by atoms with Crippen molar-refractivity contribution in [1.29, 1.82) is 0 Å². The maximum Gasteiger partial charge on any atom is 0.292 e. The first-order valence-corrected chi connectivity index (χ1v) is 11.4. The Morgan fingerprint density at radius 2 is 1.91 bits per heavy atom. The Balaban J connectivity index is 1.74. The van der Waals surface area contributed by atoms with Crippen LogP contribution in [0.1, 0.15) is 47.8 Å². The minimum absolute atomic E-state index is 0.173. The molecular formula is C26H23ClFN3O2. The van der Waals surface area contributed by atoms with E-state index in [1.807, 2.05) is 25.1 Å². The molecule has 1 amide bonds. The molecular weight excluding hydrogens is 441 g/mol. The van der Waals surface area contributed by atoms with Gasteiger partial charge in [-0.05, 0) is 73.9 Å². The van der Waals surface area contributed by atoms with Crippen LogP contribution < -0.4 is 5.32 Å². The molecule has 4 aromatic rings. The van der Waals surface area contributed by atoms with Crippen molar-refractivity contribution in [1.82, 2.24) is 9.55 Å². The fourth-order valence-corrected chi connectivity index (χ4v) is 4.65. The second kappa shape index (κ2) is 8.87. The number of amides is 1. The van der Waals surface area contributed by atoms with Crippen LogP contribution in [0.3, 0.4) is 0 Å². The molecule has 1 aliphatic rings. The number of hydrogen-bond acceptors (Lipinski definition) is 3. The molecule has 1 saturated carbocycles. The topological polar surface area (TPSA) is 60.1 Å². The first-order chi connectivity index (χ1) is 16.0. The van der Waals surface area contributed by atoms with Gasteiger partial charge < -0.3 is 14.3 Å². The average molecular weight is 464 g/mol. The molecule has 0 aliphatic heterocycles. The Morgan fingerprint density at radius 3 is 2.61 bits per heavy atom. The van der Waals surface area contributed by atoms with E-state index in [4.69, 9.17) is 21.0 Å². The van der Waals surface area contributed by atoms with Crippen LogP contribution in [0.4, 0.5) is 10.2 Å². The van der Waals surface area contributed by atoms with Gasteiger partial charge in [0.25, 0.3) is 5.91 Å². The average Bonchev–Trinajstić information content (AvgIpc) is 3.57. The summed E-state index contributed by atoms with van der Waals surface area (Å²) in [4.78, 5) is 18.0. The lowest BCUT2D eigenvalue weighted by Gasteiger charge is -2.20. The van der Waals surface area contributed by atoms with Crippen molar-refractivity contribution < 1.29 is 13.6 Å². The summed E-state index contributed by atoms with van der Waals surface area (Å²) in [5.41, 5.74) is 3.22. The van der Waals surface area contributed by atoms with E-state index in [1.165, 1.54) is 18.4 Å². The molecule has 2 aromatic carbocycles. The van der Waals surface area contributed by atoms with Gasteiger partial charge in [-0.15, -0.1) is 0 Å². The minimum Gasteiger partial charge on any atom is -0.459 e. The Kier molecular flexibility index (Phi) is 5.77. The van der Waals surface area contributed by atoms with Crippen molar-refractivity contribution in [2.75, 3.05) is 5.32 Å². The highest BCUT2D eigenvalue weighted by molar-refractivity contribution is 6.30. The van der Waals surface area contributed by atoms with Gasteiger partial charge in [0.15, 0.2) is 5.76 Å². The van der Waals surface area contributed by atoms with Crippen molar-refractivity contribution >= 4 is 23.3 Å². The van der Waals surface area contributed by atoms with Crippen LogP contribution in [0.2, 0.25) is 5.02 Å². The van der Waals surface area contributed by atoms with E-state index in [9.17, 15) is 9.18 Å². The van der Waals surface area contributed by atoms with Gasteiger partial charge >= 0.3 is 0 Å². The van der Waals surface area contributed by atoms with Gasteiger partial charge in [0.2, 0.25) is 0 Å². The lowest BCUT2D eigenvalue weighted by atomic mass is 10.1. The summed E-state index contributed by atoms with van der Waals surface area (Å²) < 4.78 is 21.1. The monoisotopic (exact) mass is 463 g/mol. The molecule has 1 N–H and O–H groups in total. The van der Waals surface area contributed by atoms with Crippen LogP contribution in [0.25, 0.3) is 22.6 Å². The minimum atomic E-state index is -0.364. The summed E-state index contributed by atoms with van der Waals surface area (Å²) in [5, 5.41) is 3.65. The highest BCUT2D eigenvalue weighted by atomic mass is 35.5. The number of halogens is 2. The zero-order chi connectivity index (χ0) is 22.9. The molecule has 0 atom stereocenters. The number of benzene rings is 2. The smallest absolute Gasteiger partial charge is 0.292 e. The van der Waals surface area contributed by atoms with Crippen molar-refractivity contribution in [3.05, 3.63) is 83.0 Å². The molecule has 0 spiro atoms. The fourth-order valence-electron chi connectivity index (χ4n) is 4.48. The number of hydrogen-bond donors (Lipinski definition) is 1. The molecule has 2 heterocycles. The van der Waals surface area contributed by atoms with Crippen molar-refractivity contribution in [3.8, 4) is 22.6 Å². The van der Waals surface area contributed by atoms with Gasteiger partial charge in [-0.25, -0.2) is 9.37 Å². The number of imidazole rings is 1. The van der Waals surface area contributed by atoms with E-state index in [1.54, 1.807) is 24.3 Å². The number of furan rings is 1. The van der Waals surface area contributed by atoms with Crippen LogP contribution in [0.15, 0.2) is 65.3 Å². The SMILES string of the molecule is Cc1ccc(Cl)cc1-c1nc(-c2ccc(F)cc2)c(NC(=O)c2ccco2)n1C1CCCC1. The molecule has 33 heavy (non-hydrogen) atoms. The summed E-state index contributed by atoms with van der Waals surface area (Å²) >= 11 is 6.35. The van der Waals surface area contributed by atoms with E-state index < -0.39 is 0 Å². The lowest BCUT2D eigenvalue weighted by Crippen LogP contribution is -2.17. The third kappa shape index (κ3) is 4.18. The van der Waals surface area contributed by atoms with Gasteiger partial charge in [0.1, 0.15) is 23.2 Å². The van der Waals surface area contributed by atoms with Gasteiger partial charge in [-0.1, -0.05) is 30.5 Å². The number of anilines is 1. The predicted molar refractivity (Wildman–Crippen MR) is 127 cm³/mol. The quantitative estimate of drug-likeness (QED) is 0.338. The molecule has 168 valence electrons. The van der Waals surface area contributed by atoms with Gasteiger partial charge in [0, 0.05) is 22.2 Å². The normalized spacial score (nSPS) is 14.0. The third-order valence-electron chi connectivity index (χ3n) is 6.14. The first-order valence-electron chi connectivity index (χ1n) is 11.0. The van der Waals surface area contributed by atoms with Crippen molar-refractivity contribution in [3.63, 3.8) is 0 Å². The van der Waals surface area contributed by atoms with Crippen LogP contribution in [-0.2, 0) is 0 Å². The van der Waals surface area contributed by atoms with Gasteiger partial charge in [-0.3, -0.25) is 4.79 Å². The third-order valence-corrected chi connectivity index (χ3v) is 6.37. The van der Waals surface area contributed by atoms with Gasteiger partial charge in [-0.2, -0.15) is 0 Å². The lowest BCUT2D eigenvalue weighted by molar-refractivity contribution is 0.0995. The molecule has 5 rings (SSSR count). The molecule has 1 aliphatic carbocycles. The van der Waals surface area contributed by atoms with E-state index in [0.717, 1.165) is 42.6 Å².